The third-order valence-electron chi connectivity index (χ3n) is 2.93. The largest absolute Gasteiger partial charge is 0.378 e. The molecule has 100 valence electrons. The summed E-state index contributed by atoms with van der Waals surface area (Å²) in [5, 5.41) is 4.69. The molecule has 2 rings (SSSR count). The Balaban J connectivity index is 2.62. The van der Waals surface area contributed by atoms with Crippen LogP contribution in [0.5, 0.6) is 0 Å². The van der Waals surface area contributed by atoms with Gasteiger partial charge in [-0.1, -0.05) is 23.7 Å². The van der Waals surface area contributed by atoms with Crippen molar-refractivity contribution in [3.8, 4) is 5.69 Å². The number of hydrogen-bond donors (Lipinski definition) is 0. The minimum absolute atomic E-state index is 0.256. The monoisotopic (exact) mass is 278 g/mol. The molecule has 5 heteroatoms. The van der Waals surface area contributed by atoms with Crippen LogP contribution in [0.15, 0.2) is 18.2 Å². The second kappa shape index (κ2) is 5.55. The van der Waals surface area contributed by atoms with Crippen molar-refractivity contribution in [1.82, 2.24) is 9.78 Å². The van der Waals surface area contributed by atoms with E-state index < -0.39 is 0 Å². The van der Waals surface area contributed by atoms with Crippen LogP contribution >= 0.6 is 11.6 Å². The van der Waals surface area contributed by atoms with Crippen molar-refractivity contribution in [2.45, 2.75) is 20.5 Å². The van der Waals surface area contributed by atoms with Gasteiger partial charge < -0.3 is 4.74 Å². The van der Waals surface area contributed by atoms with E-state index >= 15 is 0 Å². The summed E-state index contributed by atoms with van der Waals surface area (Å²) in [6.45, 7) is 4.23. The summed E-state index contributed by atoms with van der Waals surface area (Å²) in [4.78, 5) is 11.1. The van der Waals surface area contributed by atoms with Gasteiger partial charge in [0.25, 0.3) is 0 Å². The highest BCUT2D eigenvalue weighted by Crippen LogP contribution is 2.25. The third kappa shape index (κ3) is 2.55. The van der Waals surface area contributed by atoms with Gasteiger partial charge in [-0.05, 0) is 31.0 Å². The smallest absolute Gasteiger partial charge is 0.155 e. The molecule has 0 aliphatic carbocycles. The number of aromatic nitrogens is 2. The molecule has 0 unspecified atom stereocenters. The van der Waals surface area contributed by atoms with Crippen molar-refractivity contribution < 1.29 is 9.53 Å². The fourth-order valence-corrected chi connectivity index (χ4v) is 2.20. The molecule has 0 bridgehead atoms. The summed E-state index contributed by atoms with van der Waals surface area (Å²) in [6, 6.07) is 6.01. The van der Waals surface area contributed by atoms with Crippen LogP contribution in [0.4, 0.5) is 0 Å². The number of hydrogen-bond acceptors (Lipinski definition) is 3. The van der Waals surface area contributed by atoms with Crippen molar-refractivity contribution in [3.63, 3.8) is 0 Å². The normalized spacial score (nSPS) is 10.7. The van der Waals surface area contributed by atoms with Crippen LogP contribution < -0.4 is 0 Å². The Hall–Kier alpha value is -1.65. The first-order valence-electron chi connectivity index (χ1n) is 5.87. The summed E-state index contributed by atoms with van der Waals surface area (Å²) >= 11 is 6.24. The lowest BCUT2D eigenvalue weighted by atomic mass is 10.1. The maximum Gasteiger partial charge on any atom is 0.155 e. The van der Waals surface area contributed by atoms with Gasteiger partial charge in [0.1, 0.15) is 10.8 Å². The van der Waals surface area contributed by atoms with Gasteiger partial charge in [0.2, 0.25) is 0 Å². The summed E-state index contributed by atoms with van der Waals surface area (Å²) < 4.78 is 6.62. The molecule has 19 heavy (non-hydrogen) atoms. The average molecular weight is 279 g/mol. The predicted octanol–water partition coefficient (Wildman–Crippen LogP) is 3.10. The zero-order chi connectivity index (χ0) is 14.0. The lowest BCUT2D eigenvalue weighted by Gasteiger charge is -2.08. The average Bonchev–Trinajstić information content (AvgIpc) is 2.69. The van der Waals surface area contributed by atoms with Crippen molar-refractivity contribution >= 4 is 17.9 Å². The summed E-state index contributed by atoms with van der Waals surface area (Å²) in [5.41, 5.74) is 3.94. The molecule has 0 aliphatic rings. The number of benzene rings is 1. The number of nitrogens with zero attached hydrogens (tertiary/aromatic N) is 2. The molecule has 0 atom stereocenters. The molecular formula is C14H15ClN2O2. The number of ether oxygens (including phenoxy) is 1. The number of carbonyl (C=O) groups excluding carboxylic acids is 1. The highest BCUT2D eigenvalue weighted by Gasteiger charge is 2.17. The minimum atomic E-state index is 0.256. The fourth-order valence-electron chi connectivity index (χ4n) is 1.92. The topological polar surface area (TPSA) is 44.1 Å². The quantitative estimate of drug-likeness (QED) is 0.807. The van der Waals surface area contributed by atoms with Crippen molar-refractivity contribution in [3.05, 3.63) is 45.7 Å². The van der Waals surface area contributed by atoms with Crippen LogP contribution in [0.1, 0.15) is 27.2 Å². The Morgan fingerprint density at radius 3 is 2.79 bits per heavy atom. The van der Waals surface area contributed by atoms with E-state index in [4.69, 9.17) is 16.3 Å². The standard InChI is InChI=1S/C14H15ClN2O2/c1-9-4-5-10(2)13(6-9)17-14(15)11(7-18)12(16-17)8-19-3/h4-7H,8H2,1-3H3. The second-order valence-electron chi connectivity index (χ2n) is 4.40. The molecule has 4 nitrogen and oxygen atoms in total. The van der Waals surface area contributed by atoms with Gasteiger partial charge in [-0.15, -0.1) is 0 Å². The van der Waals surface area contributed by atoms with Crippen LogP contribution in [-0.2, 0) is 11.3 Å². The van der Waals surface area contributed by atoms with E-state index in [1.807, 2.05) is 32.0 Å². The summed E-state index contributed by atoms with van der Waals surface area (Å²) in [6.07, 6.45) is 0.714. The van der Waals surface area contributed by atoms with Gasteiger partial charge in [0, 0.05) is 7.11 Å². The van der Waals surface area contributed by atoms with Gasteiger partial charge in [-0.25, -0.2) is 4.68 Å². The van der Waals surface area contributed by atoms with E-state index in [1.54, 1.807) is 11.8 Å². The van der Waals surface area contributed by atoms with Gasteiger partial charge >= 0.3 is 0 Å². The Morgan fingerprint density at radius 2 is 2.16 bits per heavy atom. The molecule has 0 N–H and O–H groups in total. The molecule has 0 radical (unpaired) electrons. The van der Waals surface area contributed by atoms with Crippen molar-refractivity contribution in [1.29, 1.82) is 0 Å². The molecule has 0 amide bonds. The van der Waals surface area contributed by atoms with Crippen LogP contribution in [0, 0.1) is 13.8 Å². The summed E-state index contributed by atoms with van der Waals surface area (Å²) in [5.74, 6) is 0. The Morgan fingerprint density at radius 1 is 1.42 bits per heavy atom. The Bertz CT molecular complexity index is 620. The Labute approximate surface area is 116 Å². The number of aldehydes is 1. The van der Waals surface area contributed by atoms with Gasteiger partial charge in [0.15, 0.2) is 6.29 Å². The highest BCUT2D eigenvalue weighted by molar-refractivity contribution is 6.32. The Kier molecular flexibility index (Phi) is 4.02. The maximum absolute atomic E-state index is 11.1. The van der Waals surface area contributed by atoms with Crippen LogP contribution in [0.2, 0.25) is 5.15 Å². The lowest BCUT2D eigenvalue weighted by Crippen LogP contribution is -2.01. The molecule has 0 spiro atoms. The molecule has 0 saturated heterocycles. The number of halogens is 1. The number of aryl methyl sites for hydroxylation is 2. The predicted molar refractivity (Wildman–Crippen MR) is 74.1 cm³/mol. The van der Waals surface area contributed by atoms with E-state index in [9.17, 15) is 4.79 Å². The maximum atomic E-state index is 11.1. The van der Waals surface area contributed by atoms with E-state index in [-0.39, 0.29) is 6.61 Å². The summed E-state index contributed by atoms with van der Waals surface area (Å²) in [7, 11) is 1.55. The molecule has 1 aromatic carbocycles. The van der Waals surface area contributed by atoms with E-state index in [0.717, 1.165) is 16.8 Å². The molecule has 0 saturated carbocycles. The molecule has 1 heterocycles. The first-order valence-corrected chi connectivity index (χ1v) is 6.25. The second-order valence-corrected chi connectivity index (χ2v) is 4.76. The first-order chi connectivity index (χ1) is 9.08. The van der Waals surface area contributed by atoms with Crippen LogP contribution in [-0.4, -0.2) is 23.2 Å². The highest BCUT2D eigenvalue weighted by atomic mass is 35.5. The van der Waals surface area contributed by atoms with E-state index in [0.29, 0.717) is 22.7 Å². The van der Waals surface area contributed by atoms with E-state index in [1.165, 1.54) is 0 Å². The van der Waals surface area contributed by atoms with Crippen molar-refractivity contribution in [2.75, 3.05) is 7.11 Å². The molecular weight excluding hydrogens is 264 g/mol. The van der Waals surface area contributed by atoms with Gasteiger partial charge in [-0.3, -0.25) is 4.79 Å². The van der Waals surface area contributed by atoms with Gasteiger partial charge in [0.05, 0.1) is 17.9 Å². The van der Waals surface area contributed by atoms with E-state index in [2.05, 4.69) is 5.10 Å². The number of rotatable bonds is 4. The van der Waals surface area contributed by atoms with Crippen LogP contribution in [0.3, 0.4) is 0 Å². The number of carbonyl (C=O) groups is 1. The molecule has 2 aromatic rings. The van der Waals surface area contributed by atoms with Crippen LogP contribution in [0.25, 0.3) is 5.69 Å². The van der Waals surface area contributed by atoms with Crippen molar-refractivity contribution in [2.24, 2.45) is 0 Å². The fraction of sp³-hybridized carbons (Fsp3) is 0.286. The zero-order valence-electron chi connectivity index (χ0n) is 11.1. The minimum Gasteiger partial charge on any atom is -0.378 e. The first kappa shape index (κ1) is 13.8. The number of methoxy groups -OCH3 is 1. The third-order valence-corrected chi connectivity index (χ3v) is 3.30. The van der Waals surface area contributed by atoms with Gasteiger partial charge in [-0.2, -0.15) is 5.10 Å². The zero-order valence-corrected chi connectivity index (χ0v) is 11.9. The SMILES string of the molecule is COCc1nn(-c2cc(C)ccc2C)c(Cl)c1C=O. The lowest BCUT2D eigenvalue weighted by molar-refractivity contribution is 0.111. The molecule has 0 fully saturated rings. The molecule has 0 aliphatic heterocycles. The molecule has 1 aromatic heterocycles.